The lowest BCUT2D eigenvalue weighted by atomic mass is 10.0. The van der Waals surface area contributed by atoms with Crippen molar-refractivity contribution in [1.29, 1.82) is 0 Å². The van der Waals surface area contributed by atoms with Crippen LogP contribution in [-0.4, -0.2) is 0 Å². The predicted octanol–water partition coefficient (Wildman–Crippen LogP) is 3.98. The molecule has 2 aromatic rings. The molecule has 90 valence electrons. The van der Waals surface area contributed by atoms with E-state index in [0.29, 0.717) is 0 Å². The van der Waals surface area contributed by atoms with E-state index in [1.807, 2.05) is 0 Å². The van der Waals surface area contributed by atoms with Crippen molar-refractivity contribution in [2.75, 3.05) is 0 Å². The largest absolute Gasteiger partial charge is 0.320 e. The van der Waals surface area contributed by atoms with Gasteiger partial charge in [-0.25, -0.2) is 0 Å². The third-order valence-corrected chi connectivity index (χ3v) is 4.34. The molecule has 1 aromatic heterocycles. The van der Waals surface area contributed by atoms with Gasteiger partial charge in [-0.1, -0.05) is 31.2 Å². The van der Waals surface area contributed by atoms with Crippen LogP contribution in [0.5, 0.6) is 0 Å². The van der Waals surface area contributed by atoms with Gasteiger partial charge in [-0.15, -0.1) is 11.3 Å². The molecule has 0 radical (unpaired) electrons. The van der Waals surface area contributed by atoms with E-state index in [0.717, 1.165) is 6.42 Å². The molecular weight excluding hydrogens is 226 g/mol. The highest BCUT2D eigenvalue weighted by atomic mass is 32.1. The van der Waals surface area contributed by atoms with E-state index < -0.39 is 0 Å². The Morgan fingerprint density at radius 1 is 1.18 bits per heavy atom. The Morgan fingerprint density at radius 3 is 2.29 bits per heavy atom. The van der Waals surface area contributed by atoms with Gasteiger partial charge in [0.2, 0.25) is 0 Å². The first kappa shape index (κ1) is 12.3. The average molecular weight is 245 g/mol. The molecule has 2 N–H and O–H groups in total. The van der Waals surface area contributed by atoms with Crippen LogP contribution in [0.4, 0.5) is 0 Å². The Bertz CT molecular complexity index is 496. The summed E-state index contributed by atoms with van der Waals surface area (Å²) in [6.45, 7) is 6.44. The van der Waals surface area contributed by atoms with Gasteiger partial charge in [0.05, 0.1) is 6.04 Å². The van der Waals surface area contributed by atoms with Crippen molar-refractivity contribution in [3.05, 3.63) is 56.8 Å². The maximum Gasteiger partial charge on any atom is 0.0648 e. The molecule has 17 heavy (non-hydrogen) atoms. The summed E-state index contributed by atoms with van der Waals surface area (Å²) >= 11 is 1.80. The van der Waals surface area contributed by atoms with Crippen LogP contribution in [0.1, 0.15) is 39.4 Å². The Balaban J connectivity index is 2.30. The number of nitrogens with two attached hydrogens (primary N) is 1. The van der Waals surface area contributed by atoms with Gasteiger partial charge in [0.15, 0.2) is 0 Å². The van der Waals surface area contributed by atoms with E-state index in [1.54, 1.807) is 11.3 Å². The van der Waals surface area contributed by atoms with Crippen molar-refractivity contribution < 1.29 is 0 Å². The van der Waals surface area contributed by atoms with Gasteiger partial charge >= 0.3 is 0 Å². The Kier molecular flexibility index (Phi) is 3.65. The van der Waals surface area contributed by atoms with E-state index in [9.17, 15) is 0 Å². The second-order valence-electron chi connectivity index (χ2n) is 4.48. The van der Waals surface area contributed by atoms with Gasteiger partial charge in [-0.2, -0.15) is 0 Å². The quantitative estimate of drug-likeness (QED) is 0.869. The topological polar surface area (TPSA) is 26.0 Å². The maximum atomic E-state index is 6.33. The third kappa shape index (κ3) is 2.59. The first-order valence-corrected chi connectivity index (χ1v) is 6.84. The predicted molar refractivity (Wildman–Crippen MR) is 75.6 cm³/mol. The highest BCUT2D eigenvalue weighted by Crippen LogP contribution is 2.30. The van der Waals surface area contributed by atoms with Gasteiger partial charge in [-0.05, 0) is 43.0 Å². The van der Waals surface area contributed by atoms with Crippen molar-refractivity contribution in [2.24, 2.45) is 5.73 Å². The van der Waals surface area contributed by atoms with E-state index >= 15 is 0 Å². The molecule has 2 rings (SSSR count). The molecule has 0 saturated heterocycles. The summed E-state index contributed by atoms with van der Waals surface area (Å²) in [4.78, 5) is 2.62. The van der Waals surface area contributed by atoms with Crippen LogP contribution in [0.15, 0.2) is 30.3 Å². The van der Waals surface area contributed by atoms with Gasteiger partial charge < -0.3 is 5.73 Å². The number of aryl methyl sites for hydroxylation is 3. The Morgan fingerprint density at radius 2 is 1.82 bits per heavy atom. The fraction of sp³-hybridized carbons (Fsp3) is 0.333. The van der Waals surface area contributed by atoms with Crippen LogP contribution in [-0.2, 0) is 6.42 Å². The highest BCUT2D eigenvalue weighted by molar-refractivity contribution is 7.12. The molecule has 0 fully saturated rings. The minimum Gasteiger partial charge on any atom is -0.320 e. The molecule has 1 aromatic carbocycles. The SMILES string of the molecule is CCc1ccc(C(N)c2sc(C)cc2C)cc1. The molecule has 0 spiro atoms. The molecule has 0 bridgehead atoms. The zero-order valence-electron chi connectivity index (χ0n) is 10.7. The van der Waals surface area contributed by atoms with Crippen LogP contribution in [0, 0.1) is 13.8 Å². The summed E-state index contributed by atoms with van der Waals surface area (Å²) in [5.74, 6) is 0. The van der Waals surface area contributed by atoms with Crippen molar-refractivity contribution in [2.45, 2.75) is 33.2 Å². The molecule has 0 saturated carbocycles. The summed E-state index contributed by atoms with van der Waals surface area (Å²) in [6, 6.07) is 10.9. The fourth-order valence-corrected chi connectivity index (χ4v) is 3.15. The van der Waals surface area contributed by atoms with Gasteiger partial charge in [-0.3, -0.25) is 0 Å². The number of rotatable bonds is 3. The molecule has 0 aliphatic carbocycles. The molecule has 0 amide bonds. The summed E-state index contributed by atoms with van der Waals surface area (Å²) in [6.07, 6.45) is 1.08. The van der Waals surface area contributed by atoms with Crippen molar-refractivity contribution in [3.8, 4) is 0 Å². The van der Waals surface area contributed by atoms with Crippen LogP contribution in [0.2, 0.25) is 0 Å². The fourth-order valence-electron chi connectivity index (χ4n) is 2.08. The second kappa shape index (κ2) is 5.03. The first-order valence-electron chi connectivity index (χ1n) is 6.03. The van der Waals surface area contributed by atoms with E-state index in [4.69, 9.17) is 5.73 Å². The minimum absolute atomic E-state index is 0.0135. The molecule has 0 aliphatic rings. The highest BCUT2D eigenvalue weighted by Gasteiger charge is 2.13. The number of benzene rings is 1. The van der Waals surface area contributed by atoms with Crippen LogP contribution >= 0.6 is 11.3 Å². The lowest BCUT2D eigenvalue weighted by Crippen LogP contribution is -2.11. The van der Waals surface area contributed by atoms with Gasteiger partial charge in [0.25, 0.3) is 0 Å². The average Bonchev–Trinajstić information content (AvgIpc) is 2.68. The summed E-state index contributed by atoms with van der Waals surface area (Å²) in [5.41, 5.74) is 10.2. The lowest BCUT2D eigenvalue weighted by Gasteiger charge is -2.12. The summed E-state index contributed by atoms with van der Waals surface area (Å²) in [5, 5.41) is 0. The zero-order chi connectivity index (χ0) is 12.4. The minimum atomic E-state index is 0.0135. The van der Waals surface area contributed by atoms with Gasteiger partial charge in [0, 0.05) is 9.75 Å². The molecule has 0 aliphatic heterocycles. The van der Waals surface area contributed by atoms with Crippen LogP contribution < -0.4 is 5.73 Å². The molecular formula is C15H19NS. The molecule has 1 nitrogen and oxygen atoms in total. The molecule has 1 unspecified atom stereocenters. The van der Waals surface area contributed by atoms with Crippen molar-refractivity contribution in [3.63, 3.8) is 0 Å². The molecule has 1 atom stereocenters. The third-order valence-electron chi connectivity index (χ3n) is 3.11. The molecule has 1 heterocycles. The molecule has 2 heteroatoms. The van der Waals surface area contributed by atoms with E-state index in [2.05, 4.69) is 51.1 Å². The second-order valence-corrected chi connectivity index (χ2v) is 5.77. The normalized spacial score (nSPS) is 12.7. The van der Waals surface area contributed by atoms with Crippen molar-refractivity contribution in [1.82, 2.24) is 0 Å². The Hall–Kier alpha value is -1.12. The smallest absolute Gasteiger partial charge is 0.0648 e. The number of hydrogen-bond donors (Lipinski definition) is 1. The summed E-state index contributed by atoms with van der Waals surface area (Å²) in [7, 11) is 0. The van der Waals surface area contributed by atoms with Crippen LogP contribution in [0.3, 0.4) is 0 Å². The van der Waals surface area contributed by atoms with Crippen molar-refractivity contribution >= 4 is 11.3 Å². The summed E-state index contributed by atoms with van der Waals surface area (Å²) < 4.78 is 0. The first-order chi connectivity index (χ1) is 8.11. The number of hydrogen-bond acceptors (Lipinski definition) is 2. The standard InChI is InChI=1S/C15H19NS/c1-4-12-5-7-13(8-6-12)14(16)15-10(2)9-11(3)17-15/h5-9,14H,4,16H2,1-3H3. The monoisotopic (exact) mass is 245 g/mol. The van der Waals surface area contributed by atoms with E-state index in [-0.39, 0.29) is 6.04 Å². The zero-order valence-corrected chi connectivity index (χ0v) is 11.5. The van der Waals surface area contributed by atoms with E-state index in [1.165, 1.54) is 26.4 Å². The lowest BCUT2D eigenvalue weighted by molar-refractivity contribution is 0.883. The van der Waals surface area contributed by atoms with Crippen LogP contribution in [0.25, 0.3) is 0 Å². The maximum absolute atomic E-state index is 6.33. The Labute approximate surface area is 107 Å². The number of thiophene rings is 1. The van der Waals surface area contributed by atoms with Gasteiger partial charge in [0.1, 0.15) is 0 Å².